The van der Waals surface area contributed by atoms with E-state index in [2.05, 4.69) is 22.0 Å². The average Bonchev–Trinajstić information content (AvgIpc) is 2.47. The van der Waals surface area contributed by atoms with Crippen molar-refractivity contribution < 1.29 is 9.84 Å². The highest BCUT2D eigenvalue weighted by atomic mass is 79.9. The van der Waals surface area contributed by atoms with E-state index in [1.807, 2.05) is 18.2 Å². The van der Waals surface area contributed by atoms with Gasteiger partial charge in [0.25, 0.3) is 0 Å². The highest BCUT2D eigenvalue weighted by Crippen LogP contribution is 2.28. The first-order chi connectivity index (χ1) is 7.70. The third-order valence-corrected chi connectivity index (χ3v) is 3.89. The lowest BCUT2D eigenvalue weighted by atomic mass is 9.88. The Bertz CT molecular complexity index is 344. The second-order valence-corrected chi connectivity index (χ2v) is 5.31. The van der Waals surface area contributed by atoms with E-state index >= 15 is 0 Å². The molecule has 16 heavy (non-hydrogen) atoms. The summed E-state index contributed by atoms with van der Waals surface area (Å²) in [5, 5.41) is 10.5. The summed E-state index contributed by atoms with van der Waals surface area (Å²) in [4.78, 5) is 0. The van der Waals surface area contributed by atoms with Crippen LogP contribution in [0.1, 0.15) is 24.8 Å². The molecule has 0 aliphatic carbocycles. The maximum Gasteiger partial charge on any atom is 0.0711 e. The van der Waals surface area contributed by atoms with Crippen LogP contribution < -0.4 is 0 Å². The molecule has 1 heterocycles. The van der Waals surface area contributed by atoms with Crippen molar-refractivity contribution in [3.63, 3.8) is 0 Å². The number of halogens is 1. The van der Waals surface area contributed by atoms with Crippen LogP contribution in [0.25, 0.3) is 0 Å². The van der Waals surface area contributed by atoms with Crippen molar-refractivity contribution in [1.82, 2.24) is 0 Å². The van der Waals surface area contributed by atoms with Crippen LogP contribution in [-0.2, 0) is 11.2 Å². The lowest BCUT2D eigenvalue weighted by molar-refractivity contribution is 0.0187. The molecule has 1 aromatic rings. The zero-order valence-electron chi connectivity index (χ0n) is 9.29. The molecule has 1 saturated heterocycles. The molecule has 0 bridgehead atoms. The van der Waals surface area contributed by atoms with Gasteiger partial charge in [-0.05, 0) is 30.9 Å². The van der Waals surface area contributed by atoms with Gasteiger partial charge in [0.15, 0.2) is 0 Å². The number of aliphatic hydroxyl groups is 1. The molecule has 0 spiro atoms. The quantitative estimate of drug-likeness (QED) is 0.905. The Morgan fingerprint density at radius 3 is 2.88 bits per heavy atom. The van der Waals surface area contributed by atoms with Gasteiger partial charge in [0.05, 0.1) is 5.60 Å². The van der Waals surface area contributed by atoms with Crippen LogP contribution >= 0.6 is 15.9 Å². The van der Waals surface area contributed by atoms with Crippen LogP contribution in [0.2, 0.25) is 0 Å². The highest BCUT2D eigenvalue weighted by molar-refractivity contribution is 9.10. The number of ether oxygens (including phenoxy) is 1. The normalized spacial score (nSPS) is 26.4. The Labute approximate surface area is 105 Å². The third-order valence-electron chi connectivity index (χ3n) is 3.12. The molecule has 1 N–H and O–H groups in total. The lowest BCUT2D eigenvalue weighted by Crippen LogP contribution is -2.31. The van der Waals surface area contributed by atoms with Gasteiger partial charge in [0.1, 0.15) is 0 Å². The Morgan fingerprint density at radius 1 is 1.25 bits per heavy atom. The van der Waals surface area contributed by atoms with Gasteiger partial charge in [-0.1, -0.05) is 34.1 Å². The van der Waals surface area contributed by atoms with E-state index in [1.54, 1.807) is 0 Å². The van der Waals surface area contributed by atoms with E-state index in [4.69, 9.17) is 4.74 Å². The summed E-state index contributed by atoms with van der Waals surface area (Å²) in [6.07, 6.45) is 3.21. The molecular weight excluding hydrogens is 268 g/mol. The minimum absolute atomic E-state index is 0.597. The smallest absolute Gasteiger partial charge is 0.0711 e. The molecule has 0 radical (unpaired) electrons. The molecule has 2 rings (SSSR count). The molecule has 1 aliphatic heterocycles. The van der Waals surface area contributed by atoms with Gasteiger partial charge in [-0.3, -0.25) is 0 Å². The van der Waals surface area contributed by atoms with Crippen LogP contribution in [0.5, 0.6) is 0 Å². The monoisotopic (exact) mass is 284 g/mol. The van der Waals surface area contributed by atoms with Gasteiger partial charge in [0.2, 0.25) is 0 Å². The first-order valence-electron chi connectivity index (χ1n) is 5.73. The molecule has 3 heteroatoms. The van der Waals surface area contributed by atoms with Crippen molar-refractivity contribution in [3.8, 4) is 0 Å². The van der Waals surface area contributed by atoms with Crippen LogP contribution in [0.4, 0.5) is 0 Å². The van der Waals surface area contributed by atoms with E-state index in [0.29, 0.717) is 13.0 Å². The number of rotatable bonds is 2. The van der Waals surface area contributed by atoms with Gasteiger partial charge < -0.3 is 9.84 Å². The molecule has 1 atom stereocenters. The highest BCUT2D eigenvalue weighted by Gasteiger charge is 2.29. The maximum absolute atomic E-state index is 10.5. The third kappa shape index (κ3) is 3.06. The zero-order chi connectivity index (χ0) is 11.4. The van der Waals surface area contributed by atoms with Gasteiger partial charge in [-0.25, -0.2) is 0 Å². The first kappa shape index (κ1) is 12.1. The summed E-state index contributed by atoms with van der Waals surface area (Å²) in [6.45, 7) is 1.44. The Kier molecular flexibility index (Phi) is 4.00. The van der Waals surface area contributed by atoms with Gasteiger partial charge in [-0.15, -0.1) is 0 Å². The SMILES string of the molecule is OC1(Cc2ccccc2Br)CCCOCC1. The zero-order valence-corrected chi connectivity index (χ0v) is 10.9. The molecule has 0 amide bonds. The van der Waals surface area contributed by atoms with E-state index < -0.39 is 5.60 Å². The molecule has 0 saturated carbocycles. The van der Waals surface area contributed by atoms with Gasteiger partial charge in [0, 0.05) is 24.1 Å². The summed E-state index contributed by atoms with van der Waals surface area (Å²) in [6, 6.07) is 8.09. The number of hydrogen-bond acceptors (Lipinski definition) is 2. The number of benzene rings is 1. The molecule has 88 valence electrons. The van der Waals surface area contributed by atoms with E-state index in [0.717, 1.165) is 30.3 Å². The minimum Gasteiger partial charge on any atom is -0.389 e. The minimum atomic E-state index is -0.597. The van der Waals surface area contributed by atoms with Gasteiger partial charge >= 0.3 is 0 Å². The lowest BCUT2D eigenvalue weighted by Gasteiger charge is -2.26. The largest absolute Gasteiger partial charge is 0.389 e. The van der Waals surface area contributed by atoms with Crippen LogP contribution in [0.3, 0.4) is 0 Å². The second-order valence-electron chi connectivity index (χ2n) is 4.46. The molecule has 1 aromatic carbocycles. The standard InChI is InChI=1S/C13H17BrO2/c14-12-5-2-1-4-11(12)10-13(15)6-3-8-16-9-7-13/h1-2,4-5,15H,3,6-10H2. The predicted octanol–water partition coefficient (Wildman–Crippen LogP) is 2.92. The maximum atomic E-state index is 10.5. The predicted molar refractivity (Wildman–Crippen MR) is 67.5 cm³/mol. The van der Waals surface area contributed by atoms with Crippen LogP contribution in [-0.4, -0.2) is 23.9 Å². The fraction of sp³-hybridized carbons (Fsp3) is 0.538. The van der Waals surface area contributed by atoms with E-state index in [9.17, 15) is 5.11 Å². The van der Waals surface area contributed by atoms with Crippen LogP contribution in [0, 0.1) is 0 Å². The van der Waals surface area contributed by atoms with Crippen molar-refractivity contribution >= 4 is 15.9 Å². The van der Waals surface area contributed by atoms with Crippen molar-refractivity contribution in [1.29, 1.82) is 0 Å². The molecule has 1 unspecified atom stereocenters. The summed E-state index contributed by atoms with van der Waals surface area (Å²) >= 11 is 3.52. The van der Waals surface area contributed by atoms with Gasteiger partial charge in [-0.2, -0.15) is 0 Å². The van der Waals surface area contributed by atoms with Crippen molar-refractivity contribution in [2.24, 2.45) is 0 Å². The molecule has 0 aromatic heterocycles. The summed E-state index contributed by atoms with van der Waals surface area (Å²) in [5.41, 5.74) is 0.576. The van der Waals surface area contributed by atoms with Crippen molar-refractivity contribution in [2.75, 3.05) is 13.2 Å². The van der Waals surface area contributed by atoms with Crippen LogP contribution in [0.15, 0.2) is 28.7 Å². The second kappa shape index (κ2) is 5.30. The molecule has 1 fully saturated rings. The first-order valence-corrected chi connectivity index (χ1v) is 6.52. The fourth-order valence-electron chi connectivity index (χ4n) is 2.17. The summed E-state index contributed by atoms with van der Waals surface area (Å²) in [7, 11) is 0. The van der Waals surface area contributed by atoms with E-state index in [1.165, 1.54) is 5.56 Å². The Balaban J connectivity index is 2.10. The molecule has 1 aliphatic rings. The molecular formula is C13H17BrO2. The summed E-state index contributed by atoms with van der Waals surface area (Å²) < 4.78 is 6.46. The van der Waals surface area contributed by atoms with Crippen molar-refractivity contribution in [3.05, 3.63) is 34.3 Å². The average molecular weight is 285 g/mol. The summed E-state index contributed by atoms with van der Waals surface area (Å²) in [5.74, 6) is 0. The van der Waals surface area contributed by atoms with Crippen molar-refractivity contribution in [2.45, 2.75) is 31.3 Å². The topological polar surface area (TPSA) is 29.5 Å². The number of hydrogen-bond donors (Lipinski definition) is 1. The Morgan fingerprint density at radius 2 is 2.06 bits per heavy atom. The molecule has 2 nitrogen and oxygen atoms in total. The fourth-order valence-corrected chi connectivity index (χ4v) is 2.59. The van der Waals surface area contributed by atoms with E-state index in [-0.39, 0.29) is 0 Å². The Hall–Kier alpha value is -0.380.